The van der Waals surface area contributed by atoms with Crippen LogP contribution in [0.1, 0.15) is 31.7 Å². The summed E-state index contributed by atoms with van der Waals surface area (Å²) in [6.07, 6.45) is 3.40. The smallest absolute Gasteiger partial charge is 0.223 e. The normalized spacial score (nSPS) is 15.3. The molecule has 0 unspecified atom stereocenters. The second kappa shape index (κ2) is 10.2. The van der Waals surface area contributed by atoms with Gasteiger partial charge in [-0.2, -0.15) is 4.52 Å². The number of carbonyl (C=O) groups excluding carboxylic acids is 1. The maximum atomic E-state index is 14.3. The average Bonchev–Trinajstić information content (AvgIpc) is 3.31. The Bertz CT molecular complexity index is 1300. The number of amides is 1. The fourth-order valence-electron chi connectivity index (χ4n) is 4.59. The van der Waals surface area contributed by atoms with Gasteiger partial charge in [0, 0.05) is 25.0 Å². The molecule has 8 heteroatoms. The van der Waals surface area contributed by atoms with E-state index in [2.05, 4.69) is 39.5 Å². The van der Waals surface area contributed by atoms with Crippen LogP contribution in [0.25, 0.3) is 17.0 Å². The molecular formula is C27H29FN6O. The summed E-state index contributed by atoms with van der Waals surface area (Å²) in [4.78, 5) is 15.0. The highest BCUT2D eigenvalue weighted by Crippen LogP contribution is 2.25. The highest BCUT2D eigenvalue weighted by Gasteiger charge is 2.27. The summed E-state index contributed by atoms with van der Waals surface area (Å²) >= 11 is 0. The van der Waals surface area contributed by atoms with Gasteiger partial charge in [0.1, 0.15) is 11.6 Å². The lowest BCUT2D eigenvalue weighted by molar-refractivity contribution is -0.126. The van der Waals surface area contributed by atoms with Gasteiger partial charge in [-0.15, -0.1) is 15.3 Å². The minimum absolute atomic E-state index is 0.00181. The first-order valence-corrected chi connectivity index (χ1v) is 12.1. The molecule has 0 aliphatic carbocycles. The number of aryl methyl sites for hydroxylation is 1. The van der Waals surface area contributed by atoms with Crippen LogP contribution in [0.15, 0.2) is 66.7 Å². The van der Waals surface area contributed by atoms with Crippen molar-refractivity contribution in [3.05, 3.63) is 78.1 Å². The number of nitrogens with one attached hydrogen (secondary N) is 1. The molecule has 1 N–H and O–H groups in total. The lowest BCUT2D eigenvalue weighted by Crippen LogP contribution is -2.43. The minimum Gasteiger partial charge on any atom is -0.355 e. The third-order valence-corrected chi connectivity index (χ3v) is 6.65. The van der Waals surface area contributed by atoms with Gasteiger partial charge in [0.2, 0.25) is 5.91 Å². The molecule has 1 fully saturated rings. The Morgan fingerprint density at radius 2 is 1.77 bits per heavy atom. The van der Waals surface area contributed by atoms with Gasteiger partial charge < -0.3 is 10.2 Å². The number of halogens is 1. The van der Waals surface area contributed by atoms with Gasteiger partial charge in [0.05, 0.1) is 5.56 Å². The van der Waals surface area contributed by atoms with Crippen LogP contribution in [0.3, 0.4) is 0 Å². The van der Waals surface area contributed by atoms with Crippen LogP contribution in [0, 0.1) is 11.7 Å². The molecule has 0 saturated carbocycles. The molecular weight excluding hydrogens is 443 g/mol. The van der Waals surface area contributed by atoms with Crippen LogP contribution >= 0.6 is 0 Å². The van der Waals surface area contributed by atoms with Crippen molar-refractivity contribution < 1.29 is 9.18 Å². The summed E-state index contributed by atoms with van der Waals surface area (Å²) < 4.78 is 15.9. The number of nitrogens with zero attached hydrogens (tertiary/aromatic N) is 5. The molecule has 5 rings (SSSR count). The summed E-state index contributed by atoms with van der Waals surface area (Å²) in [6, 6.07) is 20.7. The number of piperidine rings is 1. The van der Waals surface area contributed by atoms with Crippen LogP contribution in [0.5, 0.6) is 0 Å². The molecule has 180 valence electrons. The van der Waals surface area contributed by atoms with Gasteiger partial charge in [-0.1, -0.05) is 42.5 Å². The average molecular weight is 473 g/mol. The van der Waals surface area contributed by atoms with Crippen LogP contribution in [-0.2, 0) is 11.2 Å². The van der Waals surface area contributed by atoms with E-state index < -0.39 is 0 Å². The van der Waals surface area contributed by atoms with E-state index in [4.69, 9.17) is 5.10 Å². The highest BCUT2D eigenvalue weighted by molar-refractivity contribution is 5.79. The maximum absolute atomic E-state index is 14.3. The Labute approximate surface area is 204 Å². The van der Waals surface area contributed by atoms with Crippen LogP contribution in [0.2, 0.25) is 0 Å². The van der Waals surface area contributed by atoms with Crippen molar-refractivity contribution in [1.29, 1.82) is 0 Å². The number of hydrogen-bond acceptors (Lipinski definition) is 5. The predicted molar refractivity (Wildman–Crippen MR) is 133 cm³/mol. The predicted octanol–water partition coefficient (Wildman–Crippen LogP) is 4.28. The fraction of sp³-hybridized carbons (Fsp3) is 0.333. The standard InChI is InChI=1S/C27H29FN6O/c1-19(11-12-20-7-3-2-4-8-20)29-27(35)21-15-17-33(18-16-21)25-14-13-24-30-31-26(34(24)32-25)22-9-5-6-10-23(22)28/h2-10,13-14,19,21H,11-12,15-18H2,1H3,(H,29,35)/t19-/m0/s1. The molecule has 1 saturated heterocycles. The van der Waals surface area contributed by atoms with E-state index in [1.54, 1.807) is 22.7 Å². The number of fused-ring (bicyclic) bond motifs is 1. The Morgan fingerprint density at radius 1 is 1.03 bits per heavy atom. The van der Waals surface area contributed by atoms with Crippen molar-refractivity contribution in [2.75, 3.05) is 18.0 Å². The summed E-state index contributed by atoms with van der Waals surface area (Å²) in [5.41, 5.74) is 2.21. The van der Waals surface area contributed by atoms with Crippen LogP contribution < -0.4 is 10.2 Å². The number of anilines is 1. The number of hydrogen-bond donors (Lipinski definition) is 1. The molecule has 1 atom stereocenters. The highest BCUT2D eigenvalue weighted by atomic mass is 19.1. The molecule has 3 heterocycles. The molecule has 1 aliphatic heterocycles. The van der Waals surface area contributed by atoms with Crippen molar-refractivity contribution in [2.45, 2.75) is 38.6 Å². The van der Waals surface area contributed by atoms with E-state index in [1.807, 2.05) is 30.3 Å². The summed E-state index contributed by atoms with van der Waals surface area (Å²) in [6.45, 7) is 3.53. The van der Waals surface area contributed by atoms with Crippen molar-refractivity contribution in [2.24, 2.45) is 5.92 Å². The summed E-state index contributed by atoms with van der Waals surface area (Å²) in [5, 5.41) is 16.2. The van der Waals surface area contributed by atoms with Crippen molar-refractivity contribution in [1.82, 2.24) is 25.1 Å². The molecule has 0 spiro atoms. The van der Waals surface area contributed by atoms with E-state index >= 15 is 0 Å². The van der Waals surface area contributed by atoms with Gasteiger partial charge in [-0.25, -0.2) is 4.39 Å². The van der Waals surface area contributed by atoms with Crippen LogP contribution in [-0.4, -0.2) is 44.8 Å². The van der Waals surface area contributed by atoms with Gasteiger partial charge in [0.15, 0.2) is 11.5 Å². The van der Waals surface area contributed by atoms with Crippen molar-refractivity contribution >= 4 is 17.4 Å². The minimum atomic E-state index is -0.362. The van der Waals surface area contributed by atoms with Gasteiger partial charge >= 0.3 is 0 Å². The first kappa shape index (κ1) is 23.0. The third kappa shape index (κ3) is 5.16. The Hall–Kier alpha value is -3.81. The monoisotopic (exact) mass is 472 g/mol. The van der Waals surface area contributed by atoms with Crippen molar-refractivity contribution in [3.63, 3.8) is 0 Å². The third-order valence-electron chi connectivity index (χ3n) is 6.65. The molecule has 7 nitrogen and oxygen atoms in total. The summed E-state index contributed by atoms with van der Waals surface area (Å²) in [5.74, 6) is 0.912. The molecule has 1 aliphatic rings. The lowest BCUT2D eigenvalue weighted by atomic mass is 9.95. The second-order valence-electron chi connectivity index (χ2n) is 9.16. The molecule has 2 aromatic carbocycles. The van der Waals surface area contributed by atoms with E-state index in [1.165, 1.54) is 11.6 Å². The van der Waals surface area contributed by atoms with E-state index in [0.717, 1.165) is 44.6 Å². The Kier molecular flexibility index (Phi) is 6.70. The van der Waals surface area contributed by atoms with Gasteiger partial charge in [-0.3, -0.25) is 4.79 Å². The number of carbonyl (C=O) groups is 1. The quantitative estimate of drug-likeness (QED) is 0.434. The Balaban J connectivity index is 1.19. The summed E-state index contributed by atoms with van der Waals surface area (Å²) in [7, 11) is 0. The van der Waals surface area contributed by atoms with E-state index in [-0.39, 0.29) is 23.7 Å². The van der Waals surface area contributed by atoms with E-state index in [0.29, 0.717) is 17.0 Å². The number of rotatable bonds is 7. The number of benzene rings is 2. The lowest BCUT2D eigenvalue weighted by Gasteiger charge is -2.32. The zero-order chi connectivity index (χ0) is 24.2. The molecule has 2 aromatic heterocycles. The second-order valence-corrected chi connectivity index (χ2v) is 9.16. The van der Waals surface area contributed by atoms with E-state index in [9.17, 15) is 9.18 Å². The van der Waals surface area contributed by atoms with Gasteiger partial charge in [-0.05, 0) is 62.4 Å². The van der Waals surface area contributed by atoms with Crippen LogP contribution in [0.4, 0.5) is 10.2 Å². The topological polar surface area (TPSA) is 75.4 Å². The first-order valence-electron chi connectivity index (χ1n) is 12.1. The molecule has 0 radical (unpaired) electrons. The maximum Gasteiger partial charge on any atom is 0.223 e. The molecule has 0 bridgehead atoms. The zero-order valence-corrected chi connectivity index (χ0v) is 19.8. The molecule has 1 amide bonds. The number of aromatic nitrogens is 4. The zero-order valence-electron chi connectivity index (χ0n) is 19.8. The molecule has 35 heavy (non-hydrogen) atoms. The van der Waals surface area contributed by atoms with Crippen molar-refractivity contribution in [3.8, 4) is 11.4 Å². The fourth-order valence-corrected chi connectivity index (χ4v) is 4.59. The SMILES string of the molecule is C[C@@H](CCc1ccccc1)NC(=O)C1CCN(c2ccc3nnc(-c4ccccc4F)n3n2)CC1. The Morgan fingerprint density at radius 3 is 2.54 bits per heavy atom. The van der Waals surface area contributed by atoms with Gasteiger partial charge in [0.25, 0.3) is 0 Å². The largest absolute Gasteiger partial charge is 0.355 e. The molecule has 4 aromatic rings. The first-order chi connectivity index (χ1) is 17.1.